The van der Waals surface area contributed by atoms with Crippen molar-refractivity contribution in [3.05, 3.63) is 75.6 Å². The average molecular weight is 434 g/mol. The molecule has 1 aromatic heterocycles. The normalized spacial score (nSPS) is 14.1. The summed E-state index contributed by atoms with van der Waals surface area (Å²) in [5.74, 6) is -0.0201. The SMILES string of the molecule is CCCC1(c2nnnn2C)c2ccc(C(=O)OC)cc2CCc2cc(C(=O)OC)ccc21. The molecule has 4 rings (SSSR count). The van der Waals surface area contributed by atoms with E-state index in [-0.39, 0.29) is 11.9 Å². The van der Waals surface area contributed by atoms with Gasteiger partial charge in [-0.1, -0.05) is 25.5 Å². The van der Waals surface area contributed by atoms with Crippen molar-refractivity contribution in [2.75, 3.05) is 14.2 Å². The van der Waals surface area contributed by atoms with E-state index >= 15 is 0 Å². The number of esters is 2. The van der Waals surface area contributed by atoms with Gasteiger partial charge in [0.1, 0.15) is 0 Å². The van der Waals surface area contributed by atoms with Crippen molar-refractivity contribution >= 4 is 11.9 Å². The van der Waals surface area contributed by atoms with Gasteiger partial charge in [-0.25, -0.2) is 14.3 Å². The second-order valence-corrected chi connectivity index (χ2v) is 8.01. The van der Waals surface area contributed by atoms with E-state index in [0.29, 0.717) is 24.0 Å². The molecule has 0 saturated carbocycles. The van der Waals surface area contributed by atoms with Gasteiger partial charge in [0.15, 0.2) is 5.82 Å². The van der Waals surface area contributed by atoms with E-state index in [0.717, 1.165) is 40.9 Å². The van der Waals surface area contributed by atoms with Crippen LogP contribution in [0.25, 0.3) is 0 Å². The fourth-order valence-corrected chi connectivity index (χ4v) is 4.93. The van der Waals surface area contributed by atoms with E-state index in [1.807, 2.05) is 31.3 Å². The number of fused-ring (bicyclic) bond motifs is 2. The van der Waals surface area contributed by atoms with E-state index in [1.165, 1.54) is 14.2 Å². The highest BCUT2D eigenvalue weighted by atomic mass is 16.5. The smallest absolute Gasteiger partial charge is 0.337 e. The molecule has 8 heteroatoms. The highest BCUT2D eigenvalue weighted by molar-refractivity contribution is 5.90. The monoisotopic (exact) mass is 434 g/mol. The first-order chi connectivity index (χ1) is 15.5. The van der Waals surface area contributed by atoms with Gasteiger partial charge >= 0.3 is 11.9 Å². The summed E-state index contributed by atoms with van der Waals surface area (Å²) in [6, 6.07) is 11.4. The van der Waals surface area contributed by atoms with E-state index in [2.05, 4.69) is 22.4 Å². The number of benzene rings is 2. The molecule has 1 heterocycles. The molecule has 2 aromatic carbocycles. The van der Waals surface area contributed by atoms with Crippen LogP contribution in [-0.2, 0) is 34.8 Å². The van der Waals surface area contributed by atoms with Crippen LogP contribution in [0.3, 0.4) is 0 Å². The van der Waals surface area contributed by atoms with Crippen LogP contribution in [0.4, 0.5) is 0 Å². The Bertz CT molecular complexity index is 1120. The Morgan fingerprint density at radius 3 is 1.91 bits per heavy atom. The summed E-state index contributed by atoms with van der Waals surface area (Å²) in [7, 11) is 4.60. The Labute approximate surface area is 186 Å². The Hall–Kier alpha value is -3.55. The maximum Gasteiger partial charge on any atom is 0.337 e. The maximum atomic E-state index is 12.2. The summed E-state index contributed by atoms with van der Waals surface area (Å²) in [5, 5.41) is 12.5. The van der Waals surface area contributed by atoms with E-state index in [9.17, 15) is 9.59 Å². The Morgan fingerprint density at radius 1 is 0.969 bits per heavy atom. The molecule has 0 N–H and O–H groups in total. The van der Waals surface area contributed by atoms with Gasteiger partial charge in [0.25, 0.3) is 0 Å². The van der Waals surface area contributed by atoms with Crippen LogP contribution >= 0.6 is 0 Å². The van der Waals surface area contributed by atoms with Crippen LogP contribution in [0.15, 0.2) is 36.4 Å². The third-order valence-electron chi connectivity index (χ3n) is 6.26. The van der Waals surface area contributed by atoms with Crippen molar-refractivity contribution in [3.63, 3.8) is 0 Å². The van der Waals surface area contributed by atoms with E-state index in [4.69, 9.17) is 9.47 Å². The lowest BCUT2D eigenvalue weighted by molar-refractivity contribution is 0.0591. The number of aromatic nitrogens is 4. The lowest BCUT2D eigenvalue weighted by Gasteiger charge is -2.35. The van der Waals surface area contributed by atoms with Gasteiger partial charge in [-0.05, 0) is 76.2 Å². The van der Waals surface area contributed by atoms with Crippen molar-refractivity contribution in [1.29, 1.82) is 0 Å². The number of carbonyl (C=O) groups excluding carboxylic acids is 2. The topological polar surface area (TPSA) is 96.2 Å². The summed E-state index contributed by atoms with van der Waals surface area (Å²) in [4.78, 5) is 24.4. The van der Waals surface area contributed by atoms with Crippen LogP contribution < -0.4 is 0 Å². The fraction of sp³-hybridized carbons (Fsp3) is 0.375. The Kier molecular flexibility index (Phi) is 5.78. The maximum absolute atomic E-state index is 12.2. The lowest BCUT2D eigenvalue weighted by Crippen LogP contribution is -2.34. The second-order valence-electron chi connectivity index (χ2n) is 8.01. The van der Waals surface area contributed by atoms with E-state index in [1.54, 1.807) is 16.8 Å². The quantitative estimate of drug-likeness (QED) is 0.570. The third kappa shape index (κ3) is 3.36. The lowest BCUT2D eigenvalue weighted by atomic mass is 9.68. The van der Waals surface area contributed by atoms with Gasteiger partial charge in [-0.3, -0.25) is 0 Å². The molecule has 3 aromatic rings. The van der Waals surface area contributed by atoms with Crippen molar-refractivity contribution in [1.82, 2.24) is 20.2 Å². The summed E-state index contributed by atoms with van der Waals surface area (Å²) >= 11 is 0. The molecule has 0 spiro atoms. The van der Waals surface area contributed by atoms with Gasteiger partial charge in [0.05, 0.1) is 30.8 Å². The molecular weight excluding hydrogens is 408 g/mol. The first kappa shape index (κ1) is 21.7. The third-order valence-corrected chi connectivity index (χ3v) is 6.26. The highest BCUT2D eigenvalue weighted by Gasteiger charge is 2.44. The van der Waals surface area contributed by atoms with Gasteiger partial charge in [0.2, 0.25) is 0 Å². The highest BCUT2D eigenvalue weighted by Crippen LogP contribution is 2.47. The zero-order valence-corrected chi connectivity index (χ0v) is 18.7. The number of hydrogen-bond acceptors (Lipinski definition) is 7. The summed E-state index contributed by atoms with van der Waals surface area (Å²) < 4.78 is 11.6. The minimum atomic E-state index is -0.628. The zero-order valence-electron chi connectivity index (χ0n) is 18.7. The number of nitrogens with zero attached hydrogens (tertiary/aromatic N) is 4. The number of carbonyl (C=O) groups is 2. The zero-order chi connectivity index (χ0) is 22.9. The number of aryl methyl sites for hydroxylation is 3. The largest absolute Gasteiger partial charge is 0.465 e. The molecule has 0 fully saturated rings. The molecule has 166 valence electrons. The molecule has 1 aliphatic carbocycles. The Morgan fingerprint density at radius 2 is 1.50 bits per heavy atom. The summed E-state index contributed by atoms with van der Waals surface area (Å²) in [6.07, 6.45) is 3.04. The Balaban J connectivity index is 2.04. The van der Waals surface area contributed by atoms with Crippen LogP contribution in [0, 0.1) is 0 Å². The number of methoxy groups -OCH3 is 2. The molecule has 0 aliphatic heterocycles. The summed E-state index contributed by atoms with van der Waals surface area (Å²) in [5.41, 5.74) is 4.60. The number of ether oxygens (including phenoxy) is 2. The van der Waals surface area contributed by atoms with Gasteiger partial charge in [0, 0.05) is 7.05 Å². The van der Waals surface area contributed by atoms with Crippen LogP contribution in [0.2, 0.25) is 0 Å². The summed E-state index contributed by atoms with van der Waals surface area (Å²) in [6.45, 7) is 2.13. The molecule has 8 nitrogen and oxygen atoms in total. The predicted molar refractivity (Wildman–Crippen MR) is 117 cm³/mol. The first-order valence-corrected chi connectivity index (χ1v) is 10.6. The first-order valence-electron chi connectivity index (χ1n) is 10.6. The van der Waals surface area contributed by atoms with Crippen LogP contribution in [0.1, 0.15) is 68.6 Å². The molecule has 0 radical (unpaired) electrons. The number of rotatable bonds is 5. The average Bonchev–Trinajstić information content (AvgIpc) is 3.20. The van der Waals surface area contributed by atoms with Crippen molar-refractivity contribution in [3.8, 4) is 0 Å². The fourth-order valence-electron chi connectivity index (χ4n) is 4.93. The van der Waals surface area contributed by atoms with Crippen LogP contribution in [-0.4, -0.2) is 46.4 Å². The molecular formula is C24H26N4O4. The van der Waals surface area contributed by atoms with Gasteiger partial charge in [-0.2, -0.15) is 0 Å². The van der Waals surface area contributed by atoms with Crippen LogP contribution in [0.5, 0.6) is 0 Å². The van der Waals surface area contributed by atoms with E-state index < -0.39 is 5.41 Å². The molecule has 32 heavy (non-hydrogen) atoms. The number of tetrazole rings is 1. The van der Waals surface area contributed by atoms with Crippen molar-refractivity contribution in [2.45, 2.75) is 38.0 Å². The number of hydrogen-bond donors (Lipinski definition) is 0. The minimum Gasteiger partial charge on any atom is -0.465 e. The molecule has 1 aliphatic rings. The van der Waals surface area contributed by atoms with Crippen molar-refractivity contribution in [2.24, 2.45) is 7.05 Å². The molecule has 0 unspecified atom stereocenters. The van der Waals surface area contributed by atoms with Crippen molar-refractivity contribution < 1.29 is 19.1 Å². The predicted octanol–water partition coefficient (Wildman–Crippen LogP) is 3.02. The van der Waals surface area contributed by atoms with Gasteiger partial charge in [-0.15, -0.1) is 5.10 Å². The molecule has 0 atom stereocenters. The second kappa shape index (κ2) is 8.53. The standard InChI is InChI=1S/C24H26N4O4/c1-5-12-24(23-25-26-27-28(23)2)19-10-8-17(21(29)31-3)13-15(19)6-7-16-14-18(22(30)32-4)9-11-20(16)24/h8-11,13-14H,5-7,12H2,1-4H3. The molecule has 0 amide bonds. The van der Waals surface area contributed by atoms with Gasteiger partial charge < -0.3 is 9.47 Å². The minimum absolute atomic E-state index is 0.371. The molecule has 0 bridgehead atoms. The molecule has 0 saturated heterocycles.